The summed E-state index contributed by atoms with van der Waals surface area (Å²) in [6.07, 6.45) is 3.37. The molecule has 0 radical (unpaired) electrons. The number of hydrogen-bond donors (Lipinski definition) is 2. The van der Waals surface area contributed by atoms with Gasteiger partial charge in [0.15, 0.2) is 0 Å². The fourth-order valence-corrected chi connectivity index (χ4v) is 2.95. The predicted octanol–water partition coefficient (Wildman–Crippen LogP) is 2.95. The van der Waals surface area contributed by atoms with Gasteiger partial charge in [-0.3, -0.25) is 9.59 Å². The molecular weight excluding hydrogens is 326 g/mol. The smallest absolute Gasteiger partial charge is 0.309 e. The fraction of sp³-hybridized carbons (Fsp3) is 0.353. The van der Waals surface area contributed by atoms with E-state index in [1.165, 1.54) is 18.9 Å². The van der Waals surface area contributed by atoms with Crippen LogP contribution in [0.2, 0.25) is 0 Å². The first-order chi connectivity index (χ1) is 11.5. The minimum absolute atomic E-state index is 0.0913. The third kappa shape index (κ3) is 4.86. The molecule has 1 aromatic carbocycles. The quantitative estimate of drug-likeness (QED) is 0.752. The summed E-state index contributed by atoms with van der Waals surface area (Å²) < 4.78 is 4.68. The van der Waals surface area contributed by atoms with Crippen molar-refractivity contribution >= 4 is 29.3 Å². The molecule has 24 heavy (non-hydrogen) atoms. The first kappa shape index (κ1) is 18.1. The number of rotatable bonds is 7. The number of aromatic nitrogens is 2. The van der Waals surface area contributed by atoms with Gasteiger partial charge in [-0.1, -0.05) is 19.1 Å². The minimum Gasteiger partial charge on any atom is -0.469 e. The fourth-order valence-electron chi connectivity index (χ4n) is 2.02. The van der Waals surface area contributed by atoms with Gasteiger partial charge in [0.05, 0.1) is 36.5 Å². The molecule has 0 saturated heterocycles. The van der Waals surface area contributed by atoms with Crippen molar-refractivity contribution in [2.75, 3.05) is 18.2 Å². The second kappa shape index (κ2) is 8.54. The zero-order valence-electron chi connectivity index (χ0n) is 13.9. The van der Waals surface area contributed by atoms with Crippen molar-refractivity contribution in [1.29, 1.82) is 0 Å². The summed E-state index contributed by atoms with van der Waals surface area (Å²) in [7, 11) is 1.37. The molecule has 6 nitrogen and oxygen atoms in total. The van der Waals surface area contributed by atoms with Crippen molar-refractivity contribution < 1.29 is 14.3 Å². The van der Waals surface area contributed by atoms with E-state index in [1.807, 2.05) is 31.2 Å². The molecule has 0 spiro atoms. The lowest BCUT2D eigenvalue weighted by atomic mass is 10.1. The van der Waals surface area contributed by atoms with E-state index in [4.69, 9.17) is 0 Å². The maximum Gasteiger partial charge on any atom is 0.309 e. The lowest BCUT2D eigenvalue weighted by molar-refractivity contribution is -0.144. The van der Waals surface area contributed by atoms with Gasteiger partial charge in [-0.05, 0) is 24.6 Å². The Hall–Kier alpha value is -2.28. The number of nitrogens with zero attached hydrogens (tertiary/aromatic N) is 1. The number of ether oxygens (including phenoxy) is 1. The monoisotopic (exact) mass is 347 g/mol. The van der Waals surface area contributed by atoms with Crippen molar-refractivity contribution in [2.45, 2.75) is 19.1 Å². The van der Waals surface area contributed by atoms with E-state index in [2.05, 4.69) is 20.0 Å². The van der Waals surface area contributed by atoms with Gasteiger partial charge in [0.25, 0.3) is 0 Å². The summed E-state index contributed by atoms with van der Waals surface area (Å²) >= 11 is 1.43. The molecule has 0 bridgehead atoms. The minimum atomic E-state index is -0.260. The van der Waals surface area contributed by atoms with Crippen molar-refractivity contribution in [3.8, 4) is 11.3 Å². The van der Waals surface area contributed by atoms with Gasteiger partial charge < -0.3 is 15.0 Å². The van der Waals surface area contributed by atoms with Gasteiger partial charge in [-0.25, -0.2) is 4.98 Å². The van der Waals surface area contributed by atoms with Gasteiger partial charge in [-0.2, -0.15) is 0 Å². The molecule has 2 N–H and O–H groups in total. The van der Waals surface area contributed by atoms with Crippen molar-refractivity contribution in [3.05, 3.63) is 36.8 Å². The zero-order chi connectivity index (χ0) is 17.5. The number of anilines is 1. The number of benzene rings is 1. The SMILES string of the molecule is COC(=O)[C@@H](C)CS[C@@H](C)C(=O)Nc1ccc(-c2cnc[nH]2)cc1. The molecule has 0 aliphatic heterocycles. The summed E-state index contributed by atoms with van der Waals surface area (Å²) in [5, 5.41) is 2.62. The normalized spacial score (nSPS) is 13.1. The molecule has 0 fully saturated rings. The van der Waals surface area contributed by atoms with Crippen LogP contribution in [-0.4, -0.2) is 40.0 Å². The Balaban J connectivity index is 1.86. The van der Waals surface area contributed by atoms with E-state index in [0.717, 1.165) is 16.9 Å². The molecule has 0 aliphatic carbocycles. The predicted molar refractivity (Wildman–Crippen MR) is 95.8 cm³/mol. The molecule has 0 saturated carbocycles. The first-order valence-electron chi connectivity index (χ1n) is 7.60. The molecule has 0 unspecified atom stereocenters. The molecule has 2 rings (SSSR count). The highest BCUT2D eigenvalue weighted by molar-refractivity contribution is 8.00. The molecule has 1 heterocycles. The van der Waals surface area contributed by atoms with Crippen molar-refractivity contribution in [2.24, 2.45) is 5.92 Å². The van der Waals surface area contributed by atoms with E-state index in [-0.39, 0.29) is 23.0 Å². The topological polar surface area (TPSA) is 84.1 Å². The Morgan fingerprint density at radius 3 is 2.58 bits per heavy atom. The van der Waals surface area contributed by atoms with Crippen LogP contribution >= 0.6 is 11.8 Å². The van der Waals surface area contributed by atoms with Crippen LogP contribution in [0.3, 0.4) is 0 Å². The molecule has 1 amide bonds. The molecule has 0 aliphatic rings. The van der Waals surface area contributed by atoms with Crippen molar-refractivity contribution in [1.82, 2.24) is 9.97 Å². The summed E-state index contributed by atoms with van der Waals surface area (Å²) in [6.45, 7) is 3.61. The maximum atomic E-state index is 12.2. The van der Waals surface area contributed by atoms with Crippen LogP contribution in [-0.2, 0) is 14.3 Å². The molecular formula is C17H21N3O3S. The largest absolute Gasteiger partial charge is 0.469 e. The molecule has 128 valence electrons. The van der Waals surface area contributed by atoms with Crippen LogP contribution < -0.4 is 5.32 Å². The van der Waals surface area contributed by atoms with Crippen LogP contribution in [0, 0.1) is 5.92 Å². The maximum absolute atomic E-state index is 12.2. The lowest BCUT2D eigenvalue weighted by Crippen LogP contribution is -2.24. The number of hydrogen-bond acceptors (Lipinski definition) is 5. The number of carbonyl (C=O) groups is 2. The van der Waals surface area contributed by atoms with Crippen LogP contribution in [0.25, 0.3) is 11.3 Å². The van der Waals surface area contributed by atoms with E-state index in [9.17, 15) is 9.59 Å². The average molecular weight is 347 g/mol. The summed E-state index contributed by atoms with van der Waals surface area (Å²) in [6, 6.07) is 7.53. The molecule has 2 aromatic rings. The van der Waals surface area contributed by atoms with Gasteiger partial charge in [0, 0.05) is 11.4 Å². The Labute approximate surface area is 145 Å². The second-order valence-corrected chi connectivity index (χ2v) is 6.81. The van der Waals surface area contributed by atoms with Crippen LogP contribution in [0.1, 0.15) is 13.8 Å². The highest BCUT2D eigenvalue weighted by Crippen LogP contribution is 2.21. The molecule has 2 atom stereocenters. The van der Waals surface area contributed by atoms with Gasteiger partial charge in [0.1, 0.15) is 0 Å². The van der Waals surface area contributed by atoms with Crippen LogP contribution in [0.5, 0.6) is 0 Å². The van der Waals surface area contributed by atoms with Crippen molar-refractivity contribution in [3.63, 3.8) is 0 Å². The number of nitrogens with one attached hydrogen (secondary N) is 2. The number of methoxy groups -OCH3 is 1. The number of carbonyl (C=O) groups excluding carboxylic acids is 2. The Bertz CT molecular complexity index is 671. The Morgan fingerprint density at radius 1 is 1.29 bits per heavy atom. The van der Waals surface area contributed by atoms with E-state index < -0.39 is 0 Å². The summed E-state index contributed by atoms with van der Waals surface area (Å²) in [5.74, 6) is -0.0418. The van der Waals surface area contributed by atoms with Crippen LogP contribution in [0.15, 0.2) is 36.8 Å². The van der Waals surface area contributed by atoms with Gasteiger partial charge >= 0.3 is 5.97 Å². The lowest BCUT2D eigenvalue weighted by Gasteiger charge is -2.14. The summed E-state index contributed by atoms with van der Waals surface area (Å²) in [4.78, 5) is 30.6. The number of aromatic amines is 1. The molecule has 7 heteroatoms. The number of H-pyrrole nitrogens is 1. The van der Waals surface area contributed by atoms with Crippen LogP contribution in [0.4, 0.5) is 5.69 Å². The van der Waals surface area contributed by atoms with Gasteiger partial charge in [-0.15, -0.1) is 11.8 Å². The van der Waals surface area contributed by atoms with Gasteiger partial charge in [0.2, 0.25) is 5.91 Å². The zero-order valence-corrected chi connectivity index (χ0v) is 14.7. The standard InChI is InChI=1S/C17H21N3O3S/c1-11(17(22)23-3)9-24-12(2)16(21)20-14-6-4-13(5-7-14)15-8-18-10-19-15/h4-8,10-12H,9H2,1-3H3,(H,18,19)(H,20,21)/t11-,12-/m0/s1. The Morgan fingerprint density at radius 2 is 2.00 bits per heavy atom. The molecule has 1 aromatic heterocycles. The first-order valence-corrected chi connectivity index (χ1v) is 8.65. The van der Waals surface area contributed by atoms with E-state index in [0.29, 0.717) is 5.75 Å². The number of amides is 1. The number of esters is 1. The third-order valence-corrected chi connectivity index (χ3v) is 4.94. The number of thioether (sulfide) groups is 1. The third-order valence-electron chi connectivity index (χ3n) is 3.53. The Kier molecular flexibility index (Phi) is 6.43. The summed E-state index contributed by atoms with van der Waals surface area (Å²) in [5.41, 5.74) is 2.66. The number of imidazole rings is 1. The highest BCUT2D eigenvalue weighted by atomic mass is 32.2. The van der Waals surface area contributed by atoms with E-state index in [1.54, 1.807) is 19.4 Å². The van der Waals surface area contributed by atoms with E-state index >= 15 is 0 Å². The second-order valence-electron chi connectivity index (χ2n) is 5.43. The average Bonchev–Trinajstić information content (AvgIpc) is 3.13. The highest BCUT2D eigenvalue weighted by Gasteiger charge is 2.19.